The van der Waals surface area contributed by atoms with E-state index in [1.165, 1.54) is 18.4 Å². The molecule has 2 aromatic heterocycles. The molecule has 1 aliphatic heterocycles. The number of carboxylic acids is 1. The number of carbonyl (C=O) groups is 4. The van der Waals surface area contributed by atoms with Gasteiger partial charge in [0.2, 0.25) is 11.8 Å². The van der Waals surface area contributed by atoms with Crippen LogP contribution < -0.4 is 16.4 Å². The van der Waals surface area contributed by atoms with Crippen molar-refractivity contribution in [1.29, 1.82) is 0 Å². The van der Waals surface area contributed by atoms with Gasteiger partial charge in [0.1, 0.15) is 42.7 Å². The molecular formula is C24H38N7O18P3S. The molecule has 3 rings (SSSR count). The lowest BCUT2D eigenvalue weighted by atomic mass is 9.87. The number of nitrogens with zero attached hydrogens (tertiary/aromatic N) is 4. The first kappa shape index (κ1) is 44.5. The number of aliphatic carboxylic acids is 1. The lowest BCUT2D eigenvalue weighted by molar-refractivity contribution is -0.139. The van der Waals surface area contributed by atoms with Gasteiger partial charge in [-0.1, -0.05) is 25.6 Å². The first-order valence-electron chi connectivity index (χ1n) is 15.0. The molecule has 0 aliphatic carbocycles. The van der Waals surface area contributed by atoms with Gasteiger partial charge < -0.3 is 55.6 Å². The molecule has 8 atom stereocenters. The lowest BCUT2D eigenvalue weighted by Crippen LogP contribution is -2.46. The normalized spacial score (nSPS) is 22.4. The number of nitrogens with two attached hydrogens (primary N) is 1. The number of aliphatic hydroxyl groups is 2. The van der Waals surface area contributed by atoms with Gasteiger partial charge in [-0.05, 0) is 0 Å². The Balaban J connectivity index is 1.49. The Bertz CT molecular complexity index is 1770. The van der Waals surface area contributed by atoms with Crippen molar-refractivity contribution in [2.24, 2.45) is 5.41 Å². The smallest absolute Gasteiger partial charge is 0.481 e. The van der Waals surface area contributed by atoms with Crippen LogP contribution in [0, 0.1) is 5.41 Å². The summed E-state index contributed by atoms with van der Waals surface area (Å²) >= 11 is 0.725. The van der Waals surface area contributed by atoms with E-state index in [9.17, 15) is 57.8 Å². The molecule has 0 saturated carbocycles. The minimum atomic E-state index is -5.51. The molecule has 0 radical (unpaired) electrons. The van der Waals surface area contributed by atoms with Crippen molar-refractivity contribution in [3.05, 3.63) is 12.7 Å². The van der Waals surface area contributed by atoms with Crippen LogP contribution in [0.4, 0.5) is 5.82 Å². The van der Waals surface area contributed by atoms with Crippen molar-refractivity contribution in [1.82, 2.24) is 30.2 Å². The predicted octanol–water partition coefficient (Wildman–Crippen LogP) is -1.57. The number of aliphatic hydroxyl groups excluding tert-OH is 2. The van der Waals surface area contributed by atoms with Crippen molar-refractivity contribution in [3.8, 4) is 0 Å². The zero-order valence-corrected chi connectivity index (χ0v) is 31.3. The number of aromatic nitrogens is 4. The highest BCUT2D eigenvalue weighted by molar-refractivity contribution is 8.13. The van der Waals surface area contributed by atoms with Crippen molar-refractivity contribution in [2.75, 3.05) is 37.8 Å². The number of nitrogens with one attached hydrogen (secondary N) is 2. The topological polar surface area (TPSA) is 381 Å². The molecule has 3 heterocycles. The zero-order valence-electron chi connectivity index (χ0n) is 27.7. The summed E-state index contributed by atoms with van der Waals surface area (Å²) in [6.07, 6.45) is -6.88. The highest BCUT2D eigenvalue weighted by atomic mass is 32.2. The van der Waals surface area contributed by atoms with E-state index >= 15 is 0 Å². The number of hydrogen-bond donors (Lipinski definition) is 9. The Morgan fingerprint density at radius 2 is 1.81 bits per heavy atom. The van der Waals surface area contributed by atoms with Crippen LogP contribution in [-0.2, 0) is 55.5 Å². The number of phosphoric ester groups is 2. The van der Waals surface area contributed by atoms with E-state index in [0.717, 1.165) is 24.4 Å². The third kappa shape index (κ3) is 13.4. The molecule has 4 unspecified atom stereocenters. The number of hydrogen-bond acceptors (Lipinski definition) is 19. The van der Waals surface area contributed by atoms with Gasteiger partial charge in [0.15, 0.2) is 22.8 Å². The quantitative estimate of drug-likeness (QED) is 0.0389. The van der Waals surface area contributed by atoms with Crippen LogP contribution in [0.2, 0.25) is 0 Å². The summed E-state index contributed by atoms with van der Waals surface area (Å²) in [5.41, 5.74) is 4.35. The van der Waals surface area contributed by atoms with E-state index in [2.05, 4.69) is 29.9 Å². The lowest BCUT2D eigenvalue weighted by Gasteiger charge is -2.30. The highest BCUT2D eigenvalue weighted by Crippen LogP contribution is 2.61. The molecule has 2 aromatic rings. The minimum Gasteiger partial charge on any atom is -0.481 e. The van der Waals surface area contributed by atoms with Gasteiger partial charge in [-0.25, -0.2) is 24.1 Å². The monoisotopic (exact) mass is 837 g/mol. The van der Waals surface area contributed by atoms with E-state index < -0.39 is 102 Å². The van der Waals surface area contributed by atoms with Gasteiger partial charge >= 0.3 is 29.9 Å². The van der Waals surface area contributed by atoms with Crippen LogP contribution in [0.25, 0.3) is 11.2 Å². The molecular weight excluding hydrogens is 799 g/mol. The number of rotatable bonds is 21. The van der Waals surface area contributed by atoms with E-state index in [0.29, 0.717) is 0 Å². The number of amides is 2. The van der Waals surface area contributed by atoms with Crippen molar-refractivity contribution >= 4 is 75.5 Å². The number of anilines is 1. The summed E-state index contributed by atoms with van der Waals surface area (Å²) in [4.78, 5) is 87.6. The summed E-state index contributed by atoms with van der Waals surface area (Å²) in [6, 6.07) is 0. The van der Waals surface area contributed by atoms with Gasteiger partial charge in [0, 0.05) is 30.7 Å². The number of nitrogen functional groups attached to an aromatic ring is 1. The Hall–Kier alpha value is -2.93. The van der Waals surface area contributed by atoms with Crippen LogP contribution >= 0.6 is 35.7 Å². The highest BCUT2D eigenvalue weighted by Gasteiger charge is 2.49. The van der Waals surface area contributed by atoms with Gasteiger partial charge in [0.25, 0.3) is 0 Å². The van der Waals surface area contributed by atoms with E-state index in [1.807, 2.05) is 0 Å². The van der Waals surface area contributed by atoms with Gasteiger partial charge in [-0.2, -0.15) is 4.31 Å². The number of carbonyl (C=O) groups excluding carboxylic acids is 3. The number of carboxylic acid groups (broad SMARTS) is 1. The number of fused-ring (bicyclic) bond motifs is 1. The zero-order chi connectivity index (χ0) is 39.7. The number of phosphoric acid groups is 2. The maximum atomic E-state index is 12.6. The second-order valence-electron chi connectivity index (χ2n) is 11.6. The molecule has 1 aliphatic rings. The molecule has 10 N–H and O–H groups in total. The summed E-state index contributed by atoms with van der Waals surface area (Å²) < 4.78 is 62.1. The van der Waals surface area contributed by atoms with Crippen molar-refractivity contribution < 1.29 is 85.5 Å². The van der Waals surface area contributed by atoms with Crippen LogP contribution in [0.3, 0.4) is 0 Å². The average molecular weight is 838 g/mol. The third-order valence-electron chi connectivity index (χ3n) is 7.04. The Kier molecular flexibility index (Phi) is 16.0. The molecule has 0 aromatic carbocycles. The SMILES string of the molecule is CC(C)(COP(=O)(O)OP(=O)(O)OC[C@H]1O[C@@H](n2cnc3c(N)ncnc32)[C@H](O)[C@@H]1O[PH](=O)O)C(O)C(=O)NCCC(=O)NCCSC(=O)CC(=O)O. The minimum absolute atomic E-state index is 0.0108. The summed E-state index contributed by atoms with van der Waals surface area (Å²) in [5, 5.41) is 34.0. The molecule has 25 nitrogen and oxygen atoms in total. The van der Waals surface area contributed by atoms with Crippen molar-refractivity contribution in [2.45, 2.75) is 57.3 Å². The Morgan fingerprint density at radius 1 is 1.13 bits per heavy atom. The standard InChI is InChI=1S/C24H38N7O18P3S/c1-24(2,19(37)22(38)27-4-3-13(32)26-5-6-53-15(35)7-14(33)34)9-46-52(43,44)49-51(41,42)45-8-12-18(48-50(39)40)17(36)23(47-12)31-11-30-16-20(25)28-10-29-21(16)31/h10-12,17-19,23,36-37,50H,3-9H2,1-2H3,(H,26,32)(H,27,38)(H,33,34)(H,39,40)(H,41,42)(H,43,44)(H2,25,28,29)/t12-,17-,18-,19?,23-/m1/s1. The maximum Gasteiger partial charge on any atom is 0.481 e. The number of thioether (sulfide) groups is 1. The average Bonchev–Trinajstić information content (AvgIpc) is 3.61. The van der Waals surface area contributed by atoms with Crippen molar-refractivity contribution in [3.63, 3.8) is 0 Å². The molecule has 2 amide bonds. The molecule has 53 heavy (non-hydrogen) atoms. The van der Waals surface area contributed by atoms with Crippen LogP contribution in [-0.4, -0.2) is 129 Å². The third-order valence-corrected chi connectivity index (χ3v) is 11.0. The molecule has 298 valence electrons. The second-order valence-corrected chi connectivity index (χ2v) is 16.6. The van der Waals surface area contributed by atoms with Gasteiger partial charge in [-0.3, -0.25) is 37.4 Å². The van der Waals surface area contributed by atoms with Gasteiger partial charge in [-0.15, -0.1) is 0 Å². The fourth-order valence-corrected chi connectivity index (χ4v) is 7.88. The molecule has 0 bridgehead atoms. The Labute approximate surface area is 304 Å². The van der Waals surface area contributed by atoms with Crippen LogP contribution in [0.5, 0.6) is 0 Å². The summed E-state index contributed by atoms with van der Waals surface area (Å²) in [7, 11) is -14.7. The fraction of sp³-hybridized carbons (Fsp3) is 0.625. The Morgan fingerprint density at radius 3 is 2.47 bits per heavy atom. The van der Waals surface area contributed by atoms with Crippen LogP contribution in [0.1, 0.15) is 32.9 Å². The largest absolute Gasteiger partial charge is 0.481 e. The number of imidazole rings is 1. The first-order valence-corrected chi connectivity index (χ1v) is 20.3. The molecule has 1 fully saturated rings. The first-order chi connectivity index (χ1) is 24.6. The molecule has 1 saturated heterocycles. The molecule has 29 heteroatoms. The van der Waals surface area contributed by atoms with E-state index in [4.69, 9.17) is 29.1 Å². The van der Waals surface area contributed by atoms with E-state index in [-0.39, 0.29) is 42.2 Å². The van der Waals surface area contributed by atoms with E-state index in [1.54, 1.807) is 0 Å². The van der Waals surface area contributed by atoms with Crippen LogP contribution in [0.15, 0.2) is 12.7 Å². The molecule has 0 spiro atoms. The summed E-state index contributed by atoms with van der Waals surface area (Å²) in [6.45, 7) is 0.347. The van der Waals surface area contributed by atoms with Gasteiger partial charge in [0.05, 0.1) is 19.5 Å². The summed E-state index contributed by atoms with van der Waals surface area (Å²) in [5.74, 6) is -2.71. The second kappa shape index (κ2) is 19.1. The maximum absolute atomic E-state index is 12.6. The predicted molar refractivity (Wildman–Crippen MR) is 179 cm³/mol. The number of ether oxygens (including phenoxy) is 1. The fourth-order valence-electron chi connectivity index (χ4n) is 4.44.